The highest BCUT2D eigenvalue weighted by Gasteiger charge is 2.10. The predicted octanol–water partition coefficient (Wildman–Crippen LogP) is 4.75. The Labute approximate surface area is 157 Å². The average molecular weight is 453 g/mol. The van der Waals surface area contributed by atoms with Crippen molar-refractivity contribution < 1.29 is 9.47 Å². The molecule has 0 fully saturated rings. The molecule has 0 atom stereocenters. The topological polar surface area (TPSA) is 55.7 Å². The van der Waals surface area contributed by atoms with Gasteiger partial charge in [0.05, 0.1) is 33.7 Å². The molecule has 0 radical (unpaired) electrons. The van der Waals surface area contributed by atoms with Crippen molar-refractivity contribution in [3.63, 3.8) is 0 Å². The Hall–Kier alpha value is -1.87. The van der Waals surface area contributed by atoms with Crippen LogP contribution in [0.4, 0.5) is 5.13 Å². The Morgan fingerprint density at radius 3 is 2.92 bits per heavy atom. The molecule has 24 heavy (non-hydrogen) atoms. The molecule has 1 N–H and O–H groups in total. The molecule has 0 saturated heterocycles. The third-order valence-corrected chi connectivity index (χ3v) is 4.95. The van der Waals surface area contributed by atoms with Crippen LogP contribution in [0.2, 0.25) is 0 Å². The van der Waals surface area contributed by atoms with Crippen molar-refractivity contribution in [1.82, 2.24) is 4.98 Å². The molecule has 2 aromatic carbocycles. The van der Waals surface area contributed by atoms with E-state index in [4.69, 9.17) is 9.47 Å². The summed E-state index contributed by atoms with van der Waals surface area (Å²) in [5.74, 6) is 1.46. The van der Waals surface area contributed by atoms with E-state index in [0.29, 0.717) is 12.4 Å². The SMILES string of the molecule is CCOc1c(I)cc(/C=N/Nc2nc3ccccc3s2)cc1OC. The first-order valence-corrected chi connectivity index (χ1v) is 9.25. The lowest BCUT2D eigenvalue weighted by atomic mass is 10.2. The molecule has 3 aromatic rings. The third kappa shape index (κ3) is 3.78. The zero-order valence-corrected chi connectivity index (χ0v) is 16.2. The van der Waals surface area contributed by atoms with Crippen molar-refractivity contribution in [2.45, 2.75) is 6.92 Å². The number of para-hydroxylation sites is 1. The Morgan fingerprint density at radius 1 is 1.33 bits per heavy atom. The lowest BCUT2D eigenvalue weighted by Gasteiger charge is -2.11. The molecule has 0 bridgehead atoms. The van der Waals surface area contributed by atoms with Crippen molar-refractivity contribution in [3.8, 4) is 11.5 Å². The van der Waals surface area contributed by atoms with E-state index in [2.05, 4.69) is 38.1 Å². The van der Waals surface area contributed by atoms with Crippen LogP contribution in [0.1, 0.15) is 12.5 Å². The number of anilines is 1. The number of nitrogens with zero attached hydrogens (tertiary/aromatic N) is 2. The number of hydrogen-bond donors (Lipinski definition) is 1. The van der Waals surface area contributed by atoms with E-state index >= 15 is 0 Å². The molecule has 0 aliphatic heterocycles. The van der Waals surface area contributed by atoms with Crippen LogP contribution >= 0.6 is 33.9 Å². The fourth-order valence-electron chi connectivity index (χ4n) is 2.18. The summed E-state index contributed by atoms with van der Waals surface area (Å²) in [6.45, 7) is 2.55. The Kier molecular flexibility index (Phi) is 5.52. The van der Waals surface area contributed by atoms with Crippen molar-refractivity contribution >= 4 is 55.5 Å². The smallest absolute Gasteiger partial charge is 0.204 e. The van der Waals surface area contributed by atoms with E-state index in [-0.39, 0.29) is 0 Å². The number of thiazole rings is 1. The number of ether oxygens (including phenoxy) is 2. The minimum Gasteiger partial charge on any atom is -0.493 e. The van der Waals surface area contributed by atoms with E-state index in [1.165, 1.54) is 0 Å². The second-order valence-electron chi connectivity index (χ2n) is 4.82. The fourth-order valence-corrected chi connectivity index (χ4v) is 3.78. The van der Waals surface area contributed by atoms with Gasteiger partial charge in [0.1, 0.15) is 0 Å². The summed E-state index contributed by atoms with van der Waals surface area (Å²) in [6, 6.07) is 11.9. The van der Waals surface area contributed by atoms with Crippen LogP contribution in [-0.2, 0) is 0 Å². The van der Waals surface area contributed by atoms with Gasteiger partial charge in [-0.2, -0.15) is 5.10 Å². The van der Waals surface area contributed by atoms with Gasteiger partial charge in [0, 0.05) is 0 Å². The maximum Gasteiger partial charge on any atom is 0.204 e. The van der Waals surface area contributed by atoms with Crippen LogP contribution in [0.5, 0.6) is 11.5 Å². The number of fused-ring (bicyclic) bond motifs is 1. The standard InChI is InChI=1S/C17H16IN3O2S/c1-3-23-16-12(18)8-11(9-14(16)22-2)10-19-21-17-20-13-6-4-5-7-15(13)24-17/h4-10H,3H2,1-2H3,(H,20,21)/b19-10+. The molecule has 5 nitrogen and oxygen atoms in total. The monoisotopic (exact) mass is 453 g/mol. The quantitative estimate of drug-likeness (QED) is 0.333. The highest BCUT2D eigenvalue weighted by Crippen LogP contribution is 2.33. The van der Waals surface area contributed by atoms with E-state index < -0.39 is 0 Å². The van der Waals surface area contributed by atoms with E-state index in [0.717, 1.165) is 30.2 Å². The number of rotatable bonds is 6. The molecule has 1 aromatic heterocycles. The molecule has 0 unspecified atom stereocenters. The second kappa shape index (κ2) is 7.80. The van der Waals surface area contributed by atoms with Crippen molar-refractivity contribution in [3.05, 3.63) is 45.5 Å². The lowest BCUT2D eigenvalue weighted by Crippen LogP contribution is -1.99. The molecule has 3 rings (SSSR count). The van der Waals surface area contributed by atoms with Crippen molar-refractivity contribution in [2.24, 2.45) is 5.10 Å². The minimum atomic E-state index is 0.596. The molecule has 0 amide bonds. The number of hydrogen-bond acceptors (Lipinski definition) is 6. The van der Waals surface area contributed by atoms with Gasteiger partial charge in [-0.15, -0.1) is 0 Å². The largest absolute Gasteiger partial charge is 0.493 e. The Balaban J connectivity index is 1.77. The Morgan fingerprint density at radius 2 is 2.17 bits per heavy atom. The van der Waals surface area contributed by atoms with Crippen LogP contribution in [0.15, 0.2) is 41.5 Å². The van der Waals surface area contributed by atoms with Crippen molar-refractivity contribution in [1.29, 1.82) is 0 Å². The van der Waals surface area contributed by atoms with Crippen LogP contribution in [0, 0.1) is 3.57 Å². The number of nitrogens with one attached hydrogen (secondary N) is 1. The van der Waals surface area contributed by atoms with Gasteiger partial charge in [0.25, 0.3) is 0 Å². The van der Waals surface area contributed by atoms with Gasteiger partial charge < -0.3 is 9.47 Å². The van der Waals surface area contributed by atoms with Gasteiger partial charge in [-0.1, -0.05) is 23.5 Å². The summed E-state index contributed by atoms with van der Waals surface area (Å²) in [5.41, 5.74) is 4.88. The average Bonchev–Trinajstić information content (AvgIpc) is 2.99. The van der Waals surface area contributed by atoms with Gasteiger partial charge in [0.15, 0.2) is 11.5 Å². The summed E-state index contributed by atoms with van der Waals surface area (Å²) in [4.78, 5) is 4.48. The maximum atomic E-state index is 5.62. The summed E-state index contributed by atoms with van der Waals surface area (Å²) in [6.07, 6.45) is 1.74. The zero-order valence-electron chi connectivity index (χ0n) is 13.2. The van der Waals surface area contributed by atoms with Crippen LogP contribution in [0.3, 0.4) is 0 Å². The van der Waals surface area contributed by atoms with Gasteiger partial charge in [-0.3, -0.25) is 5.43 Å². The molecule has 0 saturated carbocycles. The molecule has 7 heteroatoms. The molecular formula is C17H16IN3O2S. The van der Waals surface area contributed by atoms with Gasteiger partial charge in [0.2, 0.25) is 5.13 Å². The lowest BCUT2D eigenvalue weighted by molar-refractivity contribution is 0.308. The Bertz CT molecular complexity index is 846. The fraction of sp³-hybridized carbons (Fsp3) is 0.176. The summed E-state index contributed by atoms with van der Waals surface area (Å²) in [5, 5.41) is 5.04. The normalized spacial score (nSPS) is 11.1. The van der Waals surface area contributed by atoms with E-state index in [9.17, 15) is 0 Å². The highest BCUT2D eigenvalue weighted by atomic mass is 127. The first-order valence-electron chi connectivity index (χ1n) is 7.36. The number of aromatic nitrogens is 1. The summed E-state index contributed by atoms with van der Waals surface area (Å²) < 4.78 is 13.1. The summed E-state index contributed by atoms with van der Waals surface area (Å²) >= 11 is 3.80. The number of halogens is 1. The van der Waals surface area contributed by atoms with Crippen LogP contribution in [-0.4, -0.2) is 24.9 Å². The van der Waals surface area contributed by atoms with E-state index in [1.54, 1.807) is 24.7 Å². The van der Waals surface area contributed by atoms with Crippen molar-refractivity contribution in [2.75, 3.05) is 19.1 Å². The first kappa shape index (κ1) is 17.0. The van der Waals surface area contributed by atoms with Gasteiger partial charge >= 0.3 is 0 Å². The first-order chi connectivity index (χ1) is 11.7. The molecular weight excluding hydrogens is 437 g/mol. The van der Waals surface area contributed by atoms with Crippen LogP contribution < -0.4 is 14.9 Å². The number of benzene rings is 2. The van der Waals surface area contributed by atoms with Crippen LogP contribution in [0.25, 0.3) is 10.2 Å². The second-order valence-corrected chi connectivity index (χ2v) is 7.02. The summed E-state index contributed by atoms with van der Waals surface area (Å²) in [7, 11) is 1.63. The molecule has 124 valence electrons. The number of methoxy groups -OCH3 is 1. The highest BCUT2D eigenvalue weighted by molar-refractivity contribution is 14.1. The van der Waals surface area contributed by atoms with Gasteiger partial charge in [-0.05, 0) is 59.3 Å². The number of hydrazone groups is 1. The maximum absolute atomic E-state index is 5.62. The minimum absolute atomic E-state index is 0.596. The van der Waals surface area contributed by atoms with Gasteiger partial charge in [-0.25, -0.2) is 4.98 Å². The molecule has 1 heterocycles. The van der Waals surface area contributed by atoms with E-state index in [1.807, 2.05) is 43.3 Å². The third-order valence-electron chi connectivity index (χ3n) is 3.21. The predicted molar refractivity (Wildman–Crippen MR) is 108 cm³/mol. The molecule has 0 aliphatic rings. The molecule has 0 aliphatic carbocycles. The molecule has 0 spiro atoms. The zero-order chi connectivity index (χ0) is 16.9.